The van der Waals surface area contributed by atoms with Gasteiger partial charge in [-0.25, -0.2) is 0 Å². The van der Waals surface area contributed by atoms with Crippen molar-refractivity contribution in [2.24, 2.45) is 0 Å². The Balaban J connectivity index is 2.45. The minimum atomic E-state index is -0.418. The molecule has 6 nitrogen and oxygen atoms in total. The monoisotopic (exact) mass is 219 g/mol. The van der Waals surface area contributed by atoms with E-state index in [4.69, 9.17) is 4.52 Å². The third-order valence-corrected chi connectivity index (χ3v) is 2.17. The minimum absolute atomic E-state index is 0.0833. The van der Waals surface area contributed by atoms with E-state index >= 15 is 0 Å². The normalized spacial score (nSPS) is 10.4. The van der Waals surface area contributed by atoms with Crippen LogP contribution in [0.5, 0.6) is 0 Å². The van der Waals surface area contributed by atoms with Crippen molar-refractivity contribution >= 4 is 5.69 Å². The standard InChI is InChI=1S/C10H9N3O3/c1-6-5-8(3-4-9(6)13(14)15)10-11-7(2)12-16-10/h3-5H,1-2H3. The molecule has 16 heavy (non-hydrogen) atoms. The van der Waals surface area contributed by atoms with E-state index in [0.717, 1.165) is 0 Å². The molecule has 0 N–H and O–H groups in total. The minimum Gasteiger partial charge on any atom is -0.334 e. The number of hydrogen-bond acceptors (Lipinski definition) is 5. The van der Waals surface area contributed by atoms with Gasteiger partial charge in [-0.15, -0.1) is 0 Å². The molecule has 0 bridgehead atoms. The molecule has 2 rings (SSSR count). The molecule has 1 aromatic heterocycles. The number of nitro groups is 1. The summed E-state index contributed by atoms with van der Waals surface area (Å²) in [5.41, 5.74) is 1.34. The fourth-order valence-electron chi connectivity index (χ4n) is 1.41. The van der Waals surface area contributed by atoms with Crippen molar-refractivity contribution in [3.05, 3.63) is 39.7 Å². The lowest BCUT2D eigenvalue weighted by molar-refractivity contribution is -0.385. The molecule has 0 saturated heterocycles. The van der Waals surface area contributed by atoms with E-state index in [1.165, 1.54) is 6.07 Å². The van der Waals surface area contributed by atoms with E-state index in [-0.39, 0.29) is 5.69 Å². The van der Waals surface area contributed by atoms with Crippen LogP contribution in [0.15, 0.2) is 22.7 Å². The molecule has 0 aliphatic carbocycles. The van der Waals surface area contributed by atoms with Gasteiger partial charge in [0.25, 0.3) is 11.6 Å². The maximum Gasteiger partial charge on any atom is 0.272 e. The Bertz CT molecular complexity index is 548. The van der Waals surface area contributed by atoms with Crippen molar-refractivity contribution in [3.63, 3.8) is 0 Å². The second-order valence-corrected chi connectivity index (χ2v) is 3.41. The van der Waals surface area contributed by atoms with Crippen LogP contribution in [0.1, 0.15) is 11.4 Å². The lowest BCUT2D eigenvalue weighted by Crippen LogP contribution is -1.91. The molecule has 1 heterocycles. The van der Waals surface area contributed by atoms with Crippen molar-refractivity contribution < 1.29 is 9.45 Å². The van der Waals surface area contributed by atoms with Gasteiger partial charge in [0.15, 0.2) is 5.82 Å². The molecule has 0 atom stereocenters. The molecule has 0 saturated carbocycles. The number of nitrogens with zero attached hydrogens (tertiary/aromatic N) is 3. The molecule has 0 spiro atoms. The summed E-state index contributed by atoms with van der Waals surface area (Å²) in [6, 6.07) is 4.69. The number of benzene rings is 1. The molecule has 6 heteroatoms. The molecule has 2 aromatic rings. The topological polar surface area (TPSA) is 82.1 Å². The number of hydrogen-bond donors (Lipinski definition) is 0. The van der Waals surface area contributed by atoms with Crippen LogP contribution < -0.4 is 0 Å². The number of aromatic nitrogens is 2. The summed E-state index contributed by atoms with van der Waals surface area (Å²) in [7, 11) is 0. The molecule has 0 aliphatic heterocycles. The number of nitro benzene ring substituents is 1. The Morgan fingerprint density at radius 3 is 2.62 bits per heavy atom. The van der Waals surface area contributed by atoms with Crippen molar-refractivity contribution in [3.8, 4) is 11.5 Å². The maximum absolute atomic E-state index is 10.6. The van der Waals surface area contributed by atoms with E-state index in [9.17, 15) is 10.1 Å². The Morgan fingerprint density at radius 2 is 2.12 bits per heavy atom. The highest BCUT2D eigenvalue weighted by Crippen LogP contribution is 2.24. The van der Waals surface area contributed by atoms with Crippen LogP contribution in [0.25, 0.3) is 11.5 Å². The fraction of sp³-hybridized carbons (Fsp3) is 0.200. The summed E-state index contributed by atoms with van der Waals surface area (Å²) in [4.78, 5) is 14.3. The average Bonchev–Trinajstić information content (AvgIpc) is 2.64. The van der Waals surface area contributed by atoms with Crippen molar-refractivity contribution in [1.29, 1.82) is 0 Å². The van der Waals surface area contributed by atoms with Gasteiger partial charge in [0.05, 0.1) is 4.92 Å². The van der Waals surface area contributed by atoms with Gasteiger partial charge in [-0.2, -0.15) is 4.98 Å². The third-order valence-electron chi connectivity index (χ3n) is 2.17. The molecular formula is C10H9N3O3. The van der Waals surface area contributed by atoms with Crippen LogP contribution in [0.4, 0.5) is 5.69 Å². The van der Waals surface area contributed by atoms with Gasteiger partial charge in [0.2, 0.25) is 0 Å². The largest absolute Gasteiger partial charge is 0.334 e. The molecular weight excluding hydrogens is 210 g/mol. The first-order valence-electron chi connectivity index (χ1n) is 4.63. The summed E-state index contributed by atoms with van der Waals surface area (Å²) in [6.07, 6.45) is 0. The number of rotatable bonds is 2. The molecule has 0 amide bonds. The quantitative estimate of drug-likeness (QED) is 0.571. The Morgan fingerprint density at radius 1 is 1.38 bits per heavy atom. The highest BCUT2D eigenvalue weighted by Gasteiger charge is 2.13. The molecule has 82 valence electrons. The van der Waals surface area contributed by atoms with Crippen LogP contribution in [0.2, 0.25) is 0 Å². The molecule has 0 unspecified atom stereocenters. The van der Waals surface area contributed by atoms with E-state index in [1.54, 1.807) is 26.0 Å². The van der Waals surface area contributed by atoms with Crippen LogP contribution in [-0.2, 0) is 0 Å². The molecule has 0 fully saturated rings. The number of aryl methyl sites for hydroxylation is 2. The molecule has 1 aromatic carbocycles. The van der Waals surface area contributed by atoms with Crippen LogP contribution in [0, 0.1) is 24.0 Å². The first-order valence-corrected chi connectivity index (χ1v) is 4.63. The Kier molecular flexibility index (Phi) is 2.40. The lowest BCUT2D eigenvalue weighted by atomic mass is 10.1. The zero-order valence-electron chi connectivity index (χ0n) is 8.80. The highest BCUT2D eigenvalue weighted by molar-refractivity contribution is 5.58. The van der Waals surface area contributed by atoms with Crippen LogP contribution in [0.3, 0.4) is 0 Å². The van der Waals surface area contributed by atoms with Gasteiger partial charge in [0, 0.05) is 17.2 Å². The zero-order valence-corrected chi connectivity index (χ0v) is 8.80. The first kappa shape index (κ1) is 10.3. The lowest BCUT2D eigenvalue weighted by Gasteiger charge is -1.98. The van der Waals surface area contributed by atoms with Gasteiger partial charge < -0.3 is 4.52 Å². The van der Waals surface area contributed by atoms with E-state index < -0.39 is 4.92 Å². The predicted octanol–water partition coefficient (Wildman–Crippen LogP) is 2.26. The van der Waals surface area contributed by atoms with Gasteiger partial charge in [-0.3, -0.25) is 10.1 Å². The summed E-state index contributed by atoms with van der Waals surface area (Å²) >= 11 is 0. The average molecular weight is 219 g/mol. The van der Waals surface area contributed by atoms with Gasteiger partial charge in [-0.05, 0) is 26.0 Å². The molecule has 0 radical (unpaired) electrons. The third kappa shape index (κ3) is 1.77. The van der Waals surface area contributed by atoms with Crippen LogP contribution in [-0.4, -0.2) is 15.1 Å². The second kappa shape index (κ2) is 3.73. The first-order chi connectivity index (χ1) is 7.58. The summed E-state index contributed by atoms with van der Waals surface area (Å²) in [5.74, 6) is 0.904. The smallest absolute Gasteiger partial charge is 0.272 e. The zero-order chi connectivity index (χ0) is 11.7. The summed E-state index contributed by atoms with van der Waals surface area (Å²) in [6.45, 7) is 3.39. The van der Waals surface area contributed by atoms with Gasteiger partial charge >= 0.3 is 0 Å². The van der Waals surface area contributed by atoms with Crippen LogP contribution >= 0.6 is 0 Å². The van der Waals surface area contributed by atoms with E-state index in [1.807, 2.05) is 0 Å². The van der Waals surface area contributed by atoms with Gasteiger partial charge in [-0.1, -0.05) is 5.16 Å². The van der Waals surface area contributed by atoms with E-state index in [0.29, 0.717) is 22.8 Å². The fourth-order valence-corrected chi connectivity index (χ4v) is 1.41. The van der Waals surface area contributed by atoms with E-state index in [2.05, 4.69) is 10.1 Å². The summed E-state index contributed by atoms with van der Waals surface area (Å²) < 4.78 is 4.97. The summed E-state index contributed by atoms with van der Waals surface area (Å²) in [5, 5.41) is 14.3. The van der Waals surface area contributed by atoms with Crippen molar-refractivity contribution in [2.45, 2.75) is 13.8 Å². The Hall–Kier alpha value is -2.24. The predicted molar refractivity (Wildman–Crippen MR) is 55.9 cm³/mol. The maximum atomic E-state index is 10.6. The Labute approximate surface area is 91.1 Å². The highest BCUT2D eigenvalue weighted by atomic mass is 16.6. The molecule has 0 aliphatic rings. The van der Waals surface area contributed by atoms with Crippen molar-refractivity contribution in [2.75, 3.05) is 0 Å². The SMILES string of the molecule is Cc1noc(-c2ccc([N+](=O)[O-])c(C)c2)n1. The second-order valence-electron chi connectivity index (χ2n) is 3.41. The van der Waals surface area contributed by atoms with Crippen molar-refractivity contribution in [1.82, 2.24) is 10.1 Å². The van der Waals surface area contributed by atoms with Gasteiger partial charge in [0.1, 0.15) is 0 Å².